The highest BCUT2D eigenvalue weighted by Gasteiger charge is 2.27. The third-order valence-corrected chi connectivity index (χ3v) is 4.27. The summed E-state index contributed by atoms with van der Waals surface area (Å²) in [6.45, 7) is 1.73. The lowest BCUT2D eigenvalue weighted by Crippen LogP contribution is -2.30. The molecule has 1 aromatic carbocycles. The molecule has 8 heteroatoms. The first-order chi connectivity index (χ1) is 9.45. The first-order valence-corrected chi connectivity index (χ1v) is 7.39. The number of halogens is 2. The van der Waals surface area contributed by atoms with E-state index in [1.54, 1.807) is 6.92 Å². The molecule has 0 fully saturated rings. The van der Waals surface area contributed by atoms with Gasteiger partial charge in [0.1, 0.15) is 17.5 Å². The van der Waals surface area contributed by atoms with Crippen molar-refractivity contribution in [3.63, 3.8) is 0 Å². The van der Waals surface area contributed by atoms with E-state index in [4.69, 9.17) is 0 Å². The van der Waals surface area contributed by atoms with Crippen LogP contribution in [0.15, 0.2) is 35.5 Å². The number of aromatic nitrogens is 2. The van der Waals surface area contributed by atoms with E-state index >= 15 is 0 Å². The summed E-state index contributed by atoms with van der Waals surface area (Å²) in [6, 6.07) is 2.21. The molecular weight excluding hydrogens is 288 g/mol. The van der Waals surface area contributed by atoms with Gasteiger partial charge in [0.05, 0.1) is 6.04 Å². The molecular formula is C12H13F2N3O2S. The Kier molecular flexibility index (Phi) is 4.15. The van der Waals surface area contributed by atoms with Crippen molar-refractivity contribution in [3.05, 3.63) is 48.1 Å². The Balaban J connectivity index is 2.36. The van der Waals surface area contributed by atoms with Gasteiger partial charge in [0.2, 0.25) is 10.0 Å². The molecule has 5 nitrogen and oxygen atoms in total. The summed E-state index contributed by atoms with van der Waals surface area (Å²) in [4.78, 5) is 5.72. The van der Waals surface area contributed by atoms with Gasteiger partial charge in [-0.25, -0.2) is 26.9 Å². The van der Waals surface area contributed by atoms with Crippen LogP contribution in [0.5, 0.6) is 0 Å². The Hall–Kier alpha value is -1.80. The van der Waals surface area contributed by atoms with Crippen molar-refractivity contribution in [2.45, 2.75) is 24.3 Å². The first kappa shape index (κ1) is 14.6. The smallest absolute Gasteiger partial charge is 0.247 e. The summed E-state index contributed by atoms with van der Waals surface area (Å²) in [6.07, 6.45) is 3.38. The van der Waals surface area contributed by atoms with Crippen molar-refractivity contribution >= 4 is 10.0 Å². The molecule has 0 radical (unpaired) electrons. The van der Waals surface area contributed by atoms with Gasteiger partial charge in [0, 0.05) is 12.4 Å². The third-order valence-electron chi connectivity index (χ3n) is 2.74. The second-order valence-corrected chi connectivity index (χ2v) is 5.76. The molecule has 2 aromatic rings. The van der Waals surface area contributed by atoms with Crippen LogP contribution in [0.1, 0.15) is 25.2 Å². The lowest BCUT2D eigenvalue weighted by molar-refractivity contribution is 0.500. The maximum atomic E-state index is 13.6. The minimum Gasteiger partial charge on any atom is -0.347 e. The zero-order valence-corrected chi connectivity index (χ0v) is 11.4. The van der Waals surface area contributed by atoms with Crippen LogP contribution in [0.3, 0.4) is 0 Å². The molecule has 0 amide bonds. The van der Waals surface area contributed by atoms with Gasteiger partial charge in [-0.3, -0.25) is 0 Å². The molecule has 0 aliphatic rings. The number of sulfonamides is 1. The average molecular weight is 301 g/mol. The highest BCUT2D eigenvalue weighted by molar-refractivity contribution is 7.89. The van der Waals surface area contributed by atoms with Crippen molar-refractivity contribution in [3.8, 4) is 0 Å². The molecule has 1 atom stereocenters. The zero-order valence-electron chi connectivity index (χ0n) is 10.6. The second kappa shape index (κ2) is 5.68. The van der Waals surface area contributed by atoms with E-state index < -0.39 is 32.6 Å². The highest BCUT2D eigenvalue weighted by Crippen LogP contribution is 2.21. The number of benzene rings is 1. The van der Waals surface area contributed by atoms with Crippen molar-refractivity contribution < 1.29 is 17.2 Å². The normalized spacial score (nSPS) is 13.3. The fraction of sp³-hybridized carbons (Fsp3) is 0.250. The second-order valence-electron chi connectivity index (χ2n) is 4.11. The highest BCUT2D eigenvalue weighted by atomic mass is 32.2. The van der Waals surface area contributed by atoms with Gasteiger partial charge in [-0.1, -0.05) is 13.0 Å². The predicted molar refractivity (Wildman–Crippen MR) is 68.3 cm³/mol. The Morgan fingerprint density at radius 3 is 2.50 bits per heavy atom. The zero-order chi connectivity index (χ0) is 14.8. The quantitative estimate of drug-likeness (QED) is 0.888. The van der Waals surface area contributed by atoms with Crippen LogP contribution in [0.4, 0.5) is 8.78 Å². The molecule has 1 aromatic heterocycles. The van der Waals surface area contributed by atoms with Crippen LogP contribution < -0.4 is 4.72 Å². The fourth-order valence-electron chi connectivity index (χ4n) is 1.79. The van der Waals surface area contributed by atoms with E-state index in [-0.39, 0.29) is 0 Å². The molecule has 0 aliphatic heterocycles. The van der Waals surface area contributed by atoms with Crippen LogP contribution >= 0.6 is 0 Å². The molecule has 20 heavy (non-hydrogen) atoms. The van der Waals surface area contributed by atoms with Crippen LogP contribution in [-0.4, -0.2) is 18.4 Å². The maximum absolute atomic E-state index is 13.6. The number of nitrogens with one attached hydrogen (secondary N) is 2. The Bertz CT molecular complexity index is 666. The average Bonchev–Trinajstić information content (AvgIpc) is 2.89. The largest absolute Gasteiger partial charge is 0.347 e. The minimum atomic E-state index is -4.32. The molecule has 0 aliphatic carbocycles. The molecule has 1 unspecified atom stereocenters. The van der Waals surface area contributed by atoms with E-state index in [1.807, 2.05) is 0 Å². The Labute approximate surface area is 115 Å². The fourth-order valence-corrected chi connectivity index (χ4v) is 3.21. The minimum absolute atomic E-state index is 0.378. The van der Waals surface area contributed by atoms with Gasteiger partial charge in [-0.05, 0) is 18.6 Å². The molecule has 0 saturated heterocycles. The number of hydrogen-bond acceptors (Lipinski definition) is 3. The summed E-state index contributed by atoms with van der Waals surface area (Å²) >= 11 is 0. The van der Waals surface area contributed by atoms with E-state index in [1.165, 1.54) is 12.4 Å². The number of imidazole rings is 1. The number of aromatic amines is 1. The molecule has 0 bridgehead atoms. The number of nitrogens with zero attached hydrogens (tertiary/aromatic N) is 1. The van der Waals surface area contributed by atoms with Crippen LogP contribution in [0, 0.1) is 11.6 Å². The van der Waals surface area contributed by atoms with Crippen molar-refractivity contribution in [1.82, 2.24) is 14.7 Å². The van der Waals surface area contributed by atoms with E-state index in [0.29, 0.717) is 12.2 Å². The summed E-state index contributed by atoms with van der Waals surface area (Å²) in [7, 11) is -4.32. The maximum Gasteiger partial charge on any atom is 0.247 e. The van der Waals surface area contributed by atoms with Crippen LogP contribution in [-0.2, 0) is 10.0 Å². The van der Waals surface area contributed by atoms with Crippen molar-refractivity contribution in [1.29, 1.82) is 0 Å². The summed E-state index contributed by atoms with van der Waals surface area (Å²) < 4.78 is 53.6. The summed E-state index contributed by atoms with van der Waals surface area (Å²) in [5, 5.41) is 0. The van der Waals surface area contributed by atoms with Gasteiger partial charge in [0.15, 0.2) is 4.90 Å². The Morgan fingerprint density at radius 2 is 2.00 bits per heavy atom. The van der Waals surface area contributed by atoms with Gasteiger partial charge in [-0.15, -0.1) is 0 Å². The molecule has 0 saturated carbocycles. The molecule has 2 rings (SSSR count). The molecule has 2 N–H and O–H groups in total. The molecule has 108 valence electrons. The van der Waals surface area contributed by atoms with E-state index in [2.05, 4.69) is 14.7 Å². The summed E-state index contributed by atoms with van der Waals surface area (Å²) in [5.41, 5.74) is 0. The number of H-pyrrole nitrogens is 1. The predicted octanol–water partition coefficient (Wildman–Crippen LogP) is 2.12. The molecule has 1 heterocycles. The lowest BCUT2D eigenvalue weighted by atomic mass is 10.2. The summed E-state index contributed by atoms with van der Waals surface area (Å²) in [5.74, 6) is -1.88. The number of hydrogen-bond donors (Lipinski definition) is 2. The van der Waals surface area contributed by atoms with Gasteiger partial charge in [-0.2, -0.15) is 0 Å². The molecule has 0 spiro atoms. The van der Waals surface area contributed by atoms with Gasteiger partial charge >= 0.3 is 0 Å². The number of rotatable bonds is 5. The van der Waals surface area contributed by atoms with E-state index in [9.17, 15) is 17.2 Å². The Morgan fingerprint density at radius 1 is 1.35 bits per heavy atom. The van der Waals surface area contributed by atoms with Crippen molar-refractivity contribution in [2.75, 3.05) is 0 Å². The van der Waals surface area contributed by atoms with Gasteiger partial charge < -0.3 is 4.98 Å². The lowest BCUT2D eigenvalue weighted by Gasteiger charge is -2.15. The standard InChI is InChI=1S/C12H13F2N3O2S/c1-2-10(12-15-6-7-16-12)17-20(18,19)11-8(13)4-3-5-9(11)14/h3-7,10,17H,2H2,1H3,(H,15,16). The van der Waals surface area contributed by atoms with Crippen LogP contribution in [0.25, 0.3) is 0 Å². The van der Waals surface area contributed by atoms with Crippen molar-refractivity contribution in [2.24, 2.45) is 0 Å². The van der Waals surface area contributed by atoms with Crippen LogP contribution in [0.2, 0.25) is 0 Å². The third kappa shape index (κ3) is 2.86. The SMILES string of the molecule is CCC(NS(=O)(=O)c1c(F)cccc1F)c1ncc[nH]1. The first-order valence-electron chi connectivity index (χ1n) is 5.91. The van der Waals surface area contributed by atoms with Gasteiger partial charge in [0.25, 0.3) is 0 Å². The monoisotopic (exact) mass is 301 g/mol. The van der Waals surface area contributed by atoms with E-state index in [0.717, 1.165) is 18.2 Å². The topological polar surface area (TPSA) is 74.8 Å².